The topological polar surface area (TPSA) is 152 Å². The van der Waals surface area contributed by atoms with E-state index in [0.717, 1.165) is 4.90 Å². The second-order valence-electron chi connectivity index (χ2n) is 8.14. The van der Waals surface area contributed by atoms with Gasteiger partial charge in [-0.1, -0.05) is 0 Å². The van der Waals surface area contributed by atoms with Gasteiger partial charge in [0.15, 0.2) is 0 Å². The molecule has 1 heterocycles. The van der Waals surface area contributed by atoms with Crippen molar-refractivity contribution in [1.82, 2.24) is 9.80 Å². The van der Waals surface area contributed by atoms with Gasteiger partial charge in [0.05, 0.1) is 40.0 Å². The molecule has 12 nitrogen and oxygen atoms in total. The normalized spacial score (nSPS) is 17.3. The summed E-state index contributed by atoms with van der Waals surface area (Å²) in [6, 6.07) is 3.18. The molecule has 0 bridgehead atoms. The lowest BCUT2D eigenvalue weighted by atomic mass is 9.79. The average molecular weight is 497 g/mol. The van der Waals surface area contributed by atoms with Crippen molar-refractivity contribution in [2.75, 3.05) is 47.6 Å². The maximum atomic E-state index is 13.2. The fourth-order valence-electron chi connectivity index (χ4n) is 4.14. The molecule has 0 spiro atoms. The van der Waals surface area contributed by atoms with E-state index in [4.69, 9.17) is 18.9 Å². The summed E-state index contributed by atoms with van der Waals surface area (Å²) in [7, 11) is 4.32. The number of carbonyl (C=O) groups excluding carboxylic acids is 2. The molecular weight excluding hydrogens is 464 g/mol. The standard InChI is InChI=1S/C23H32N2O10/c1-5-35-20(27)11-19(26)25(12-16-17(33-3)9-15(32-2)10-18(16)34-4)14-23(21(28)29)7-6-8-24(13-23)22(30)31/h9-10H,5-8,11-14H2,1-4H3,(H,28,29)(H,30,31). The van der Waals surface area contributed by atoms with E-state index in [9.17, 15) is 29.4 Å². The molecule has 35 heavy (non-hydrogen) atoms. The van der Waals surface area contributed by atoms with E-state index in [1.807, 2.05) is 0 Å². The smallest absolute Gasteiger partial charge is 0.407 e. The van der Waals surface area contributed by atoms with Gasteiger partial charge in [-0.05, 0) is 19.8 Å². The molecule has 194 valence electrons. The summed E-state index contributed by atoms with van der Waals surface area (Å²) >= 11 is 0. The first-order valence-electron chi connectivity index (χ1n) is 11.0. The van der Waals surface area contributed by atoms with Crippen molar-refractivity contribution in [1.29, 1.82) is 0 Å². The predicted molar refractivity (Wildman–Crippen MR) is 122 cm³/mol. The van der Waals surface area contributed by atoms with Gasteiger partial charge in [0, 0.05) is 31.8 Å². The molecule has 1 aromatic rings. The van der Waals surface area contributed by atoms with Crippen LogP contribution in [0.2, 0.25) is 0 Å². The molecule has 2 amide bonds. The van der Waals surface area contributed by atoms with Crippen LogP contribution >= 0.6 is 0 Å². The number of ether oxygens (including phenoxy) is 4. The van der Waals surface area contributed by atoms with Crippen molar-refractivity contribution in [2.45, 2.75) is 32.7 Å². The number of piperidine rings is 1. The van der Waals surface area contributed by atoms with E-state index in [1.54, 1.807) is 19.1 Å². The highest BCUT2D eigenvalue weighted by atomic mass is 16.5. The van der Waals surface area contributed by atoms with Crippen LogP contribution in [0.15, 0.2) is 12.1 Å². The number of carboxylic acids is 1. The van der Waals surface area contributed by atoms with Crippen molar-refractivity contribution >= 4 is 23.9 Å². The minimum Gasteiger partial charge on any atom is -0.496 e. The molecule has 1 aromatic carbocycles. The largest absolute Gasteiger partial charge is 0.496 e. The van der Waals surface area contributed by atoms with Crippen LogP contribution in [0.3, 0.4) is 0 Å². The molecule has 2 rings (SSSR count). The van der Waals surface area contributed by atoms with Gasteiger partial charge in [0.25, 0.3) is 0 Å². The summed E-state index contributed by atoms with van der Waals surface area (Å²) < 4.78 is 21.0. The molecule has 1 aliphatic heterocycles. The van der Waals surface area contributed by atoms with Crippen molar-refractivity contribution in [3.05, 3.63) is 17.7 Å². The molecule has 2 N–H and O–H groups in total. The Morgan fingerprint density at radius 1 is 1.06 bits per heavy atom. The number of aliphatic carboxylic acids is 1. The summed E-state index contributed by atoms with van der Waals surface area (Å²) in [6.07, 6.45) is -1.37. The lowest BCUT2D eigenvalue weighted by Gasteiger charge is -2.41. The van der Waals surface area contributed by atoms with Crippen molar-refractivity contribution in [2.24, 2.45) is 5.41 Å². The highest BCUT2D eigenvalue weighted by molar-refractivity contribution is 5.94. The Labute approximate surface area is 203 Å². The first-order chi connectivity index (χ1) is 16.6. The number of esters is 1. The Morgan fingerprint density at radius 3 is 2.17 bits per heavy atom. The van der Waals surface area contributed by atoms with Crippen LogP contribution < -0.4 is 14.2 Å². The SMILES string of the molecule is CCOC(=O)CC(=O)N(Cc1c(OC)cc(OC)cc1OC)CC1(C(=O)O)CCCN(C(=O)O)C1. The Balaban J connectivity index is 2.50. The van der Waals surface area contributed by atoms with Crippen LogP contribution in [0.4, 0.5) is 4.79 Å². The number of carbonyl (C=O) groups is 4. The number of benzene rings is 1. The molecule has 1 unspecified atom stereocenters. The van der Waals surface area contributed by atoms with Crippen molar-refractivity contribution in [3.63, 3.8) is 0 Å². The molecule has 1 atom stereocenters. The highest BCUT2D eigenvalue weighted by Crippen LogP contribution is 2.37. The van der Waals surface area contributed by atoms with Crippen LogP contribution in [-0.4, -0.2) is 91.5 Å². The monoisotopic (exact) mass is 496 g/mol. The average Bonchev–Trinajstić information content (AvgIpc) is 2.83. The third-order valence-corrected chi connectivity index (χ3v) is 5.91. The lowest BCUT2D eigenvalue weighted by Crippen LogP contribution is -2.55. The number of carboxylic acid groups (broad SMARTS) is 2. The fraction of sp³-hybridized carbons (Fsp3) is 0.565. The number of amides is 2. The molecule has 1 saturated heterocycles. The summed E-state index contributed by atoms with van der Waals surface area (Å²) in [5.41, 5.74) is -1.13. The third-order valence-electron chi connectivity index (χ3n) is 5.91. The lowest BCUT2D eigenvalue weighted by molar-refractivity contribution is -0.156. The van der Waals surface area contributed by atoms with Crippen LogP contribution in [0, 0.1) is 5.41 Å². The van der Waals surface area contributed by atoms with Gasteiger partial charge in [0.1, 0.15) is 29.1 Å². The van der Waals surface area contributed by atoms with Gasteiger partial charge in [-0.3, -0.25) is 14.4 Å². The van der Waals surface area contributed by atoms with Gasteiger partial charge in [0.2, 0.25) is 5.91 Å². The van der Waals surface area contributed by atoms with E-state index in [1.165, 1.54) is 26.2 Å². The van der Waals surface area contributed by atoms with Gasteiger partial charge in [-0.25, -0.2) is 4.79 Å². The van der Waals surface area contributed by atoms with E-state index < -0.39 is 35.8 Å². The van der Waals surface area contributed by atoms with Crippen LogP contribution in [0.5, 0.6) is 17.2 Å². The van der Waals surface area contributed by atoms with Crippen molar-refractivity contribution < 1.29 is 48.3 Å². The van der Waals surface area contributed by atoms with E-state index in [-0.39, 0.29) is 39.2 Å². The number of nitrogens with zero attached hydrogens (tertiary/aromatic N) is 2. The summed E-state index contributed by atoms with van der Waals surface area (Å²) in [6.45, 7) is 1.10. The summed E-state index contributed by atoms with van der Waals surface area (Å²) in [4.78, 5) is 51.5. The number of hydrogen-bond donors (Lipinski definition) is 2. The van der Waals surface area contributed by atoms with Crippen LogP contribution in [0.25, 0.3) is 0 Å². The zero-order valence-corrected chi connectivity index (χ0v) is 20.4. The first kappa shape index (κ1) is 27.5. The minimum atomic E-state index is -1.56. The molecule has 1 fully saturated rings. The first-order valence-corrected chi connectivity index (χ1v) is 11.0. The molecule has 1 aliphatic rings. The van der Waals surface area contributed by atoms with E-state index in [0.29, 0.717) is 29.2 Å². The molecule has 12 heteroatoms. The summed E-state index contributed by atoms with van der Waals surface area (Å²) in [5, 5.41) is 19.5. The Hall–Kier alpha value is -3.70. The van der Waals surface area contributed by atoms with Gasteiger partial charge < -0.3 is 39.0 Å². The highest BCUT2D eigenvalue weighted by Gasteiger charge is 2.46. The molecular formula is C23H32N2O10. The fourth-order valence-corrected chi connectivity index (χ4v) is 4.14. The molecule has 0 aromatic heterocycles. The maximum Gasteiger partial charge on any atom is 0.407 e. The van der Waals surface area contributed by atoms with Gasteiger partial charge in [-0.15, -0.1) is 0 Å². The third kappa shape index (κ3) is 6.67. The number of rotatable bonds is 11. The number of likely N-dealkylation sites (tertiary alicyclic amines) is 1. The van der Waals surface area contributed by atoms with Crippen LogP contribution in [-0.2, 0) is 25.7 Å². The van der Waals surface area contributed by atoms with Crippen molar-refractivity contribution in [3.8, 4) is 17.2 Å². The Bertz CT molecular complexity index is 925. The summed E-state index contributed by atoms with van der Waals surface area (Å²) in [5.74, 6) is -1.55. The Morgan fingerprint density at radius 2 is 1.69 bits per heavy atom. The van der Waals surface area contributed by atoms with Gasteiger partial charge >= 0.3 is 18.0 Å². The number of methoxy groups -OCH3 is 3. The predicted octanol–water partition coefficient (Wildman–Crippen LogP) is 1.84. The molecule has 0 saturated carbocycles. The maximum absolute atomic E-state index is 13.2. The quantitative estimate of drug-likeness (QED) is 0.343. The van der Waals surface area contributed by atoms with E-state index >= 15 is 0 Å². The molecule has 0 radical (unpaired) electrons. The second-order valence-corrected chi connectivity index (χ2v) is 8.14. The second kappa shape index (κ2) is 12.1. The van der Waals surface area contributed by atoms with E-state index in [2.05, 4.69) is 0 Å². The molecule has 0 aliphatic carbocycles. The number of hydrogen-bond acceptors (Lipinski definition) is 8. The van der Waals surface area contributed by atoms with Crippen LogP contribution in [0.1, 0.15) is 31.7 Å². The zero-order valence-electron chi connectivity index (χ0n) is 20.4. The Kier molecular flexibility index (Phi) is 9.55. The minimum absolute atomic E-state index is 0.0822. The van der Waals surface area contributed by atoms with Gasteiger partial charge in [-0.2, -0.15) is 0 Å². The zero-order chi connectivity index (χ0) is 26.2.